The number of hydrogen-bond acceptors (Lipinski definition) is 4. The summed E-state index contributed by atoms with van der Waals surface area (Å²) in [4.78, 5) is 8.39. The van der Waals surface area contributed by atoms with Gasteiger partial charge in [0.1, 0.15) is 0 Å². The topological polar surface area (TPSA) is 39.7 Å². The zero-order valence-electron chi connectivity index (χ0n) is 13.7. The number of rotatable bonds is 8. The summed E-state index contributed by atoms with van der Waals surface area (Å²) in [7, 11) is 1.85. The third-order valence-corrected chi connectivity index (χ3v) is 5.63. The fourth-order valence-electron chi connectivity index (χ4n) is 2.78. The molecule has 0 radical (unpaired) electrons. The SMILES string of the molecule is CN=C(NCCCSC)NCC(c1cccs1)N1CCCC1. The van der Waals surface area contributed by atoms with Gasteiger partial charge in [0, 0.05) is 25.0 Å². The zero-order valence-corrected chi connectivity index (χ0v) is 15.3. The van der Waals surface area contributed by atoms with Gasteiger partial charge in [-0.15, -0.1) is 11.3 Å². The predicted molar refractivity (Wildman–Crippen MR) is 100 cm³/mol. The molecule has 0 amide bonds. The van der Waals surface area contributed by atoms with Gasteiger partial charge in [-0.05, 0) is 55.8 Å². The maximum absolute atomic E-state index is 4.34. The Morgan fingerprint density at radius 3 is 2.86 bits per heavy atom. The summed E-state index contributed by atoms with van der Waals surface area (Å²) in [5.41, 5.74) is 0. The van der Waals surface area contributed by atoms with Crippen molar-refractivity contribution in [3.8, 4) is 0 Å². The van der Waals surface area contributed by atoms with Crippen LogP contribution in [0, 0.1) is 0 Å². The number of likely N-dealkylation sites (tertiary alicyclic amines) is 1. The second-order valence-electron chi connectivity index (χ2n) is 5.50. The minimum Gasteiger partial charge on any atom is -0.356 e. The molecule has 22 heavy (non-hydrogen) atoms. The quantitative estimate of drug-likeness (QED) is 0.434. The summed E-state index contributed by atoms with van der Waals surface area (Å²) >= 11 is 3.75. The molecular weight excluding hydrogens is 312 g/mol. The van der Waals surface area contributed by atoms with Gasteiger partial charge in [0.05, 0.1) is 6.04 Å². The fourth-order valence-corrected chi connectivity index (χ4v) is 4.07. The van der Waals surface area contributed by atoms with Crippen LogP contribution in [0.25, 0.3) is 0 Å². The van der Waals surface area contributed by atoms with E-state index in [0.717, 1.165) is 19.0 Å². The van der Waals surface area contributed by atoms with Crippen molar-refractivity contribution in [2.24, 2.45) is 4.99 Å². The average molecular weight is 341 g/mol. The summed E-state index contributed by atoms with van der Waals surface area (Å²) in [6, 6.07) is 4.87. The van der Waals surface area contributed by atoms with Crippen LogP contribution < -0.4 is 10.6 Å². The lowest BCUT2D eigenvalue weighted by molar-refractivity contribution is 0.249. The van der Waals surface area contributed by atoms with Crippen molar-refractivity contribution in [2.75, 3.05) is 45.2 Å². The number of hydrogen-bond donors (Lipinski definition) is 2. The van der Waals surface area contributed by atoms with E-state index in [1.54, 1.807) is 0 Å². The van der Waals surface area contributed by atoms with Crippen LogP contribution in [-0.4, -0.2) is 56.1 Å². The fraction of sp³-hybridized carbons (Fsp3) is 0.688. The van der Waals surface area contributed by atoms with Crippen molar-refractivity contribution in [3.63, 3.8) is 0 Å². The Hall–Kier alpha value is -0.720. The number of thioether (sulfide) groups is 1. The van der Waals surface area contributed by atoms with Gasteiger partial charge in [-0.2, -0.15) is 11.8 Å². The first-order valence-corrected chi connectivity index (χ1v) is 10.3. The Morgan fingerprint density at radius 1 is 1.41 bits per heavy atom. The van der Waals surface area contributed by atoms with Crippen LogP contribution >= 0.6 is 23.1 Å². The zero-order chi connectivity index (χ0) is 15.6. The Kier molecular flexibility index (Phi) is 8.12. The van der Waals surface area contributed by atoms with E-state index in [-0.39, 0.29) is 0 Å². The molecule has 2 N–H and O–H groups in total. The van der Waals surface area contributed by atoms with Crippen molar-refractivity contribution in [1.82, 2.24) is 15.5 Å². The molecule has 1 aromatic rings. The van der Waals surface area contributed by atoms with E-state index in [4.69, 9.17) is 0 Å². The van der Waals surface area contributed by atoms with Crippen molar-refractivity contribution >= 4 is 29.1 Å². The van der Waals surface area contributed by atoms with Crippen molar-refractivity contribution in [2.45, 2.75) is 25.3 Å². The monoisotopic (exact) mass is 340 g/mol. The predicted octanol–water partition coefficient (Wildman–Crippen LogP) is 2.80. The second-order valence-corrected chi connectivity index (χ2v) is 7.47. The van der Waals surface area contributed by atoms with Crippen molar-refractivity contribution in [3.05, 3.63) is 22.4 Å². The Labute approximate surface area is 142 Å². The number of guanidine groups is 1. The van der Waals surface area contributed by atoms with Crippen LogP contribution in [0.4, 0.5) is 0 Å². The van der Waals surface area contributed by atoms with E-state index in [1.807, 2.05) is 30.1 Å². The molecule has 1 saturated heterocycles. The Balaban J connectivity index is 1.84. The molecule has 124 valence electrons. The molecule has 1 aliphatic rings. The maximum atomic E-state index is 4.34. The average Bonchev–Trinajstić information content (AvgIpc) is 3.23. The molecule has 0 aliphatic carbocycles. The Morgan fingerprint density at radius 2 is 2.23 bits per heavy atom. The van der Waals surface area contributed by atoms with Crippen LogP contribution in [-0.2, 0) is 0 Å². The van der Waals surface area contributed by atoms with Crippen LogP contribution in [0.3, 0.4) is 0 Å². The van der Waals surface area contributed by atoms with Crippen molar-refractivity contribution in [1.29, 1.82) is 0 Å². The minimum atomic E-state index is 0.465. The minimum absolute atomic E-state index is 0.465. The molecule has 1 aromatic heterocycles. The first-order valence-electron chi connectivity index (χ1n) is 8.06. The summed E-state index contributed by atoms with van der Waals surface area (Å²) < 4.78 is 0. The van der Waals surface area contributed by atoms with Gasteiger partial charge in [0.25, 0.3) is 0 Å². The third-order valence-electron chi connectivity index (χ3n) is 3.96. The third kappa shape index (κ3) is 5.48. The molecule has 4 nitrogen and oxygen atoms in total. The van der Waals surface area contributed by atoms with Crippen LogP contribution in [0.15, 0.2) is 22.5 Å². The van der Waals surface area contributed by atoms with Gasteiger partial charge < -0.3 is 10.6 Å². The Bertz CT molecular complexity index is 427. The highest BCUT2D eigenvalue weighted by Crippen LogP contribution is 2.27. The molecule has 1 fully saturated rings. The lowest BCUT2D eigenvalue weighted by Gasteiger charge is -2.27. The van der Waals surface area contributed by atoms with Gasteiger partial charge in [-0.25, -0.2) is 0 Å². The number of thiophene rings is 1. The smallest absolute Gasteiger partial charge is 0.191 e. The first-order chi connectivity index (χ1) is 10.8. The van der Waals surface area contributed by atoms with Gasteiger partial charge in [0.15, 0.2) is 5.96 Å². The summed E-state index contributed by atoms with van der Waals surface area (Å²) in [5, 5.41) is 9.09. The highest BCUT2D eigenvalue weighted by Gasteiger charge is 2.24. The summed E-state index contributed by atoms with van der Waals surface area (Å²) in [5.74, 6) is 2.11. The van der Waals surface area contributed by atoms with Crippen LogP contribution in [0.5, 0.6) is 0 Å². The molecule has 0 bridgehead atoms. The summed E-state index contributed by atoms with van der Waals surface area (Å²) in [6.07, 6.45) is 5.96. The van der Waals surface area contributed by atoms with E-state index < -0.39 is 0 Å². The molecular formula is C16H28N4S2. The van der Waals surface area contributed by atoms with E-state index in [0.29, 0.717) is 6.04 Å². The maximum Gasteiger partial charge on any atom is 0.191 e. The highest BCUT2D eigenvalue weighted by atomic mass is 32.2. The molecule has 2 heterocycles. The lowest BCUT2D eigenvalue weighted by Crippen LogP contribution is -2.42. The molecule has 0 aromatic carbocycles. The van der Waals surface area contributed by atoms with Gasteiger partial charge in [0.2, 0.25) is 0 Å². The highest BCUT2D eigenvalue weighted by molar-refractivity contribution is 7.98. The van der Waals surface area contributed by atoms with Gasteiger partial charge in [-0.3, -0.25) is 9.89 Å². The van der Waals surface area contributed by atoms with E-state index >= 15 is 0 Å². The van der Waals surface area contributed by atoms with E-state index in [2.05, 4.69) is 44.3 Å². The van der Waals surface area contributed by atoms with Gasteiger partial charge >= 0.3 is 0 Å². The molecule has 1 unspecified atom stereocenters. The van der Waals surface area contributed by atoms with E-state index in [9.17, 15) is 0 Å². The van der Waals surface area contributed by atoms with Gasteiger partial charge in [-0.1, -0.05) is 6.07 Å². The number of nitrogens with one attached hydrogen (secondary N) is 2. The first kappa shape index (κ1) is 17.6. The molecule has 1 atom stereocenters. The van der Waals surface area contributed by atoms with Crippen LogP contribution in [0.2, 0.25) is 0 Å². The summed E-state index contributed by atoms with van der Waals surface area (Å²) in [6.45, 7) is 4.32. The molecule has 0 spiro atoms. The molecule has 1 aliphatic heterocycles. The largest absolute Gasteiger partial charge is 0.356 e. The van der Waals surface area contributed by atoms with Crippen molar-refractivity contribution < 1.29 is 0 Å². The van der Waals surface area contributed by atoms with E-state index in [1.165, 1.54) is 43.0 Å². The molecule has 0 saturated carbocycles. The molecule has 6 heteroatoms. The number of nitrogens with zero attached hydrogens (tertiary/aromatic N) is 2. The molecule has 2 rings (SSSR count). The lowest BCUT2D eigenvalue weighted by atomic mass is 10.2. The standard InChI is InChI=1S/C16H28N4S2/c1-17-16(18-8-6-11-21-2)19-13-14(15-7-5-12-22-15)20-9-3-4-10-20/h5,7,12,14H,3-4,6,8-11,13H2,1-2H3,(H2,17,18,19). The second kappa shape index (κ2) is 10.1. The number of aliphatic imine (C=N–C) groups is 1. The normalized spacial score (nSPS) is 17.6. The van der Waals surface area contributed by atoms with Crippen LogP contribution in [0.1, 0.15) is 30.2 Å².